The maximum Gasteiger partial charge on any atom is 0.336 e. The second-order valence-electron chi connectivity index (χ2n) is 4.50. The summed E-state index contributed by atoms with van der Waals surface area (Å²) in [4.78, 5) is 45.2. The van der Waals surface area contributed by atoms with Crippen LogP contribution in [-0.4, -0.2) is 29.0 Å². The van der Waals surface area contributed by atoms with Gasteiger partial charge in [-0.2, -0.15) is 0 Å². The lowest BCUT2D eigenvalue weighted by molar-refractivity contribution is -0.135. The Labute approximate surface area is 131 Å². The fourth-order valence-electron chi connectivity index (χ4n) is 1.92. The van der Waals surface area contributed by atoms with E-state index in [0.29, 0.717) is 0 Å². The van der Waals surface area contributed by atoms with Gasteiger partial charge < -0.3 is 19.3 Å². The predicted octanol–water partition coefficient (Wildman–Crippen LogP) is 1.72. The van der Waals surface area contributed by atoms with E-state index in [-0.39, 0.29) is 34.8 Å². The highest BCUT2D eigenvalue weighted by Crippen LogP contribution is 2.43. The van der Waals surface area contributed by atoms with E-state index in [1.807, 2.05) is 0 Å². The van der Waals surface area contributed by atoms with Gasteiger partial charge in [-0.05, 0) is 12.5 Å². The number of hydrogen-bond acceptors (Lipinski definition) is 7. The van der Waals surface area contributed by atoms with Crippen molar-refractivity contribution in [3.05, 3.63) is 17.2 Å². The van der Waals surface area contributed by atoms with Crippen LogP contribution in [0.3, 0.4) is 0 Å². The van der Waals surface area contributed by atoms with Gasteiger partial charge in [-0.1, -0.05) is 6.92 Å². The van der Waals surface area contributed by atoms with E-state index >= 15 is 0 Å². The number of rotatable bonds is 5. The molecule has 0 heterocycles. The highest BCUT2D eigenvalue weighted by atomic mass is 16.6. The molecule has 8 heteroatoms. The first-order chi connectivity index (χ1) is 10.7. The smallest absolute Gasteiger partial charge is 0.336 e. The maximum absolute atomic E-state index is 11.4. The molecule has 0 aromatic heterocycles. The minimum absolute atomic E-state index is 0.139. The van der Waals surface area contributed by atoms with Crippen LogP contribution in [0.2, 0.25) is 0 Å². The number of benzene rings is 1. The van der Waals surface area contributed by atoms with Gasteiger partial charge in [0.2, 0.25) is 5.75 Å². The monoisotopic (exact) mass is 324 g/mol. The molecule has 0 radical (unpaired) electrons. The number of carbonyl (C=O) groups is 4. The normalized spacial score (nSPS) is 9.91. The summed E-state index contributed by atoms with van der Waals surface area (Å²) in [5.41, 5.74) is -0.0873. The Morgan fingerprint density at radius 2 is 1.39 bits per heavy atom. The van der Waals surface area contributed by atoms with E-state index in [4.69, 9.17) is 14.2 Å². The molecule has 8 nitrogen and oxygen atoms in total. The molecular weight excluding hydrogens is 308 g/mol. The van der Waals surface area contributed by atoms with E-state index in [9.17, 15) is 24.3 Å². The first-order valence-electron chi connectivity index (χ1n) is 6.65. The van der Waals surface area contributed by atoms with Crippen molar-refractivity contribution in [2.24, 2.45) is 0 Å². The van der Waals surface area contributed by atoms with Crippen molar-refractivity contribution in [2.75, 3.05) is 0 Å². The van der Waals surface area contributed by atoms with Crippen LogP contribution >= 0.6 is 0 Å². The molecule has 0 aliphatic heterocycles. The number of hydrogen-bond donors (Lipinski definition) is 1. The van der Waals surface area contributed by atoms with E-state index in [1.165, 1.54) is 0 Å². The third-order valence-corrected chi connectivity index (χ3v) is 2.63. The molecule has 0 aliphatic rings. The minimum Gasteiger partial charge on any atom is -0.478 e. The van der Waals surface area contributed by atoms with Gasteiger partial charge in [0.15, 0.2) is 11.5 Å². The molecule has 1 aromatic carbocycles. The molecule has 1 N–H and O–H groups in total. The summed E-state index contributed by atoms with van der Waals surface area (Å²) in [5, 5.41) is 9.30. The Morgan fingerprint density at radius 1 is 0.913 bits per heavy atom. The zero-order chi connectivity index (χ0) is 17.7. The van der Waals surface area contributed by atoms with Crippen molar-refractivity contribution in [2.45, 2.75) is 34.1 Å². The minimum atomic E-state index is -1.31. The molecule has 0 fully saturated rings. The van der Waals surface area contributed by atoms with Gasteiger partial charge >= 0.3 is 23.9 Å². The lowest BCUT2D eigenvalue weighted by Crippen LogP contribution is -2.14. The van der Waals surface area contributed by atoms with Gasteiger partial charge in [-0.3, -0.25) is 14.4 Å². The maximum atomic E-state index is 11.4. The molecule has 1 aromatic rings. The zero-order valence-electron chi connectivity index (χ0n) is 13.1. The fraction of sp³-hybridized carbons (Fsp3) is 0.333. The number of aromatic carboxylic acids is 1. The van der Waals surface area contributed by atoms with Crippen LogP contribution in [0.1, 0.15) is 43.6 Å². The summed E-state index contributed by atoms with van der Waals surface area (Å²) < 4.78 is 14.9. The van der Waals surface area contributed by atoms with E-state index < -0.39 is 23.9 Å². The molecule has 0 saturated heterocycles. The highest BCUT2D eigenvalue weighted by Gasteiger charge is 2.27. The molecule has 0 amide bonds. The van der Waals surface area contributed by atoms with E-state index in [2.05, 4.69) is 0 Å². The van der Waals surface area contributed by atoms with Crippen molar-refractivity contribution in [1.29, 1.82) is 0 Å². The summed E-state index contributed by atoms with van der Waals surface area (Å²) in [6.45, 7) is 4.94. The van der Waals surface area contributed by atoms with Crippen molar-refractivity contribution >= 4 is 23.9 Å². The molecule has 0 saturated carbocycles. The van der Waals surface area contributed by atoms with Gasteiger partial charge in [0, 0.05) is 26.3 Å². The number of carboxylic acid groups (broad SMARTS) is 1. The SMILES string of the molecule is CCc1c(C(=O)O)cc(OC(C)=O)c(OC(C)=O)c1OC(C)=O. The molecule has 0 atom stereocenters. The summed E-state index contributed by atoms with van der Waals surface area (Å²) in [5.74, 6) is -4.46. The van der Waals surface area contributed by atoms with Gasteiger partial charge in [0.25, 0.3) is 0 Å². The third-order valence-electron chi connectivity index (χ3n) is 2.63. The average molecular weight is 324 g/mol. The second-order valence-corrected chi connectivity index (χ2v) is 4.50. The number of carboxylic acids is 1. The Kier molecular flexibility index (Phi) is 5.83. The van der Waals surface area contributed by atoms with Gasteiger partial charge in [0.1, 0.15) is 0 Å². The van der Waals surface area contributed by atoms with Crippen molar-refractivity contribution in [1.82, 2.24) is 0 Å². The summed E-state index contributed by atoms with van der Waals surface area (Å²) in [6.07, 6.45) is 0.179. The van der Waals surface area contributed by atoms with Crippen LogP contribution in [-0.2, 0) is 20.8 Å². The Morgan fingerprint density at radius 3 is 1.78 bits per heavy atom. The molecule has 0 spiro atoms. The molecule has 124 valence electrons. The first kappa shape index (κ1) is 18.1. The molecule has 1 rings (SSSR count). The molecule has 23 heavy (non-hydrogen) atoms. The van der Waals surface area contributed by atoms with Crippen LogP contribution < -0.4 is 14.2 Å². The largest absolute Gasteiger partial charge is 0.478 e. The number of ether oxygens (including phenoxy) is 3. The van der Waals surface area contributed by atoms with Crippen LogP contribution in [0.4, 0.5) is 0 Å². The Bertz CT molecular complexity index is 675. The summed E-state index contributed by atoms with van der Waals surface area (Å²) >= 11 is 0. The second kappa shape index (κ2) is 7.39. The van der Waals surface area contributed by atoms with Crippen LogP contribution in [0.15, 0.2) is 6.07 Å². The molecule has 0 aliphatic carbocycles. The van der Waals surface area contributed by atoms with E-state index in [0.717, 1.165) is 26.8 Å². The molecule has 0 bridgehead atoms. The van der Waals surface area contributed by atoms with Crippen LogP contribution in [0, 0.1) is 0 Å². The van der Waals surface area contributed by atoms with E-state index in [1.54, 1.807) is 6.92 Å². The zero-order valence-corrected chi connectivity index (χ0v) is 13.1. The van der Waals surface area contributed by atoms with Crippen LogP contribution in [0.5, 0.6) is 17.2 Å². The van der Waals surface area contributed by atoms with Gasteiger partial charge in [0.05, 0.1) is 5.56 Å². The van der Waals surface area contributed by atoms with Crippen molar-refractivity contribution in [3.63, 3.8) is 0 Å². The van der Waals surface area contributed by atoms with Gasteiger partial charge in [-0.25, -0.2) is 4.79 Å². The summed E-state index contributed by atoms with van der Waals surface area (Å²) in [7, 11) is 0. The molecular formula is C15H16O8. The number of carbonyl (C=O) groups excluding carboxylic acids is 3. The first-order valence-corrected chi connectivity index (χ1v) is 6.65. The topological polar surface area (TPSA) is 116 Å². The highest BCUT2D eigenvalue weighted by molar-refractivity contribution is 5.93. The quantitative estimate of drug-likeness (QED) is 0.643. The average Bonchev–Trinajstić information content (AvgIpc) is 2.40. The summed E-state index contributed by atoms with van der Waals surface area (Å²) in [6, 6.07) is 1.05. The lowest BCUT2D eigenvalue weighted by atomic mass is 10.0. The third kappa shape index (κ3) is 4.53. The Hall–Kier alpha value is -2.90. The lowest BCUT2D eigenvalue weighted by Gasteiger charge is -2.17. The molecule has 0 unspecified atom stereocenters. The van der Waals surface area contributed by atoms with Crippen molar-refractivity contribution in [3.8, 4) is 17.2 Å². The fourth-order valence-corrected chi connectivity index (χ4v) is 1.92. The predicted molar refractivity (Wildman–Crippen MR) is 76.7 cm³/mol. The standard InChI is InChI=1S/C15H16O8/c1-5-10-11(15(19)20)6-12(21-7(2)16)14(23-9(4)18)13(10)22-8(3)17/h6H,5H2,1-4H3,(H,19,20). The van der Waals surface area contributed by atoms with Crippen LogP contribution in [0.25, 0.3) is 0 Å². The Balaban J connectivity index is 3.76. The van der Waals surface area contributed by atoms with Crippen molar-refractivity contribution < 1.29 is 38.5 Å². The number of esters is 3. The van der Waals surface area contributed by atoms with Gasteiger partial charge in [-0.15, -0.1) is 0 Å².